The first-order valence-corrected chi connectivity index (χ1v) is 8.46. The molecule has 0 bridgehead atoms. The number of hydrogen-bond acceptors (Lipinski definition) is 6. The molecule has 25 heavy (non-hydrogen) atoms. The normalized spacial score (nSPS) is 18.0. The van der Waals surface area contributed by atoms with Gasteiger partial charge in [0.2, 0.25) is 11.8 Å². The first kappa shape index (κ1) is 19.0. The summed E-state index contributed by atoms with van der Waals surface area (Å²) in [5, 5.41) is 2.56. The molecule has 1 atom stereocenters. The summed E-state index contributed by atoms with van der Waals surface area (Å²) in [6, 6.07) is 0. The number of nitrogens with two attached hydrogens (primary N) is 1. The van der Waals surface area contributed by atoms with E-state index in [0.29, 0.717) is 5.92 Å². The number of carbonyl (C=O) groups excluding carboxylic acids is 3. The van der Waals surface area contributed by atoms with Crippen LogP contribution in [0.4, 0.5) is 5.88 Å². The zero-order chi connectivity index (χ0) is 18.6. The first-order valence-electron chi connectivity index (χ1n) is 8.46. The lowest BCUT2D eigenvalue weighted by Crippen LogP contribution is -2.39. The van der Waals surface area contributed by atoms with Gasteiger partial charge in [0.15, 0.2) is 0 Å². The number of rotatable bonds is 6. The number of piperidine rings is 1. The Hall–Kier alpha value is -2.35. The van der Waals surface area contributed by atoms with Crippen molar-refractivity contribution >= 4 is 23.7 Å². The first-order chi connectivity index (χ1) is 11.8. The Kier molecular flexibility index (Phi) is 6.19. The molecular formula is C17H25N3O5. The van der Waals surface area contributed by atoms with E-state index in [0.717, 1.165) is 25.9 Å². The predicted octanol–water partition coefficient (Wildman–Crippen LogP) is 1.53. The van der Waals surface area contributed by atoms with Crippen molar-refractivity contribution in [2.45, 2.75) is 33.6 Å². The molecule has 1 fully saturated rings. The van der Waals surface area contributed by atoms with Crippen LogP contribution in [0.25, 0.3) is 0 Å². The SMILES string of the molecule is CCOC(=O)c1c(C)oc(NC(=O)CN2CCC[C@H](C)C2)c1C(N)=O. The van der Waals surface area contributed by atoms with Gasteiger partial charge in [-0.1, -0.05) is 6.92 Å². The fourth-order valence-corrected chi connectivity index (χ4v) is 3.12. The van der Waals surface area contributed by atoms with Crippen LogP contribution in [-0.2, 0) is 9.53 Å². The third kappa shape index (κ3) is 4.60. The molecular weight excluding hydrogens is 326 g/mol. The van der Waals surface area contributed by atoms with Crippen LogP contribution < -0.4 is 11.1 Å². The van der Waals surface area contributed by atoms with E-state index in [4.69, 9.17) is 14.9 Å². The number of anilines is 1. The van der Waals surface area contributed by atoms with E-state index in [1.54, 1.807) is 6.92 Å². The van der Waals surface area contributed by atoms with Crippen molar-refractivity contribution in [3.05, 3.63) is 16.9 Å². The van der Waals surface area contributed by atoms with Crippen LogP contribution in [-0.4, -0.2) is 48.9 Å². The fraction of sp³-hybridized carbons (Fsp3) is 0.588. The number of carbonyl (C=O) groups is 3. The second-order valence-corrected chi connectivity index (χ2v) is 6.35. The smallest absolute Gasteiger partial charge is 0.342 e. The molecule has 2 heterocycles. The third-order valence-electron chi connectivity index (χ3n) is 4.17. The summed E-state index contributed by atoms with van der Waals surface area (Å²) in [6.45, 7) is 7.36. The molecule has 2 rings (SSSR count). The van der Waals surface area contributed by atoms with Gasteiger partial charge in [-0.05, 0) is 39.2 Å². The Bertz CT molecular complexity index is 667. The molecule has 1 saturated heterocycles. The van der Waals surface area contributed by atoms with E-state index in [9.17, 15) is 14.4 Å². The highest BCUT2D eigenvalue weighted by Gasteiger charge is 2.29. The zero-order valence-corrected chi connectivity index (χ0v) is 14.9. The summed E-state index contributed by atoms with van der Waals surface area (Å²) in [6.07, 6.45) is 2.21. The molecule has 0 aromatic carbocycles. The number of hydrogen-bond donors (Lipinski definition) is 2. The summed E-state index contributed by atoms with van der Waals surface area (Å²) in [7, 11) is 0. The summed E-state index contributed by atoms with van der Waals surface area (Å²) in [4.78, 5) is 38.2. The predicted molar refractivity (Wildman–Crippen MR) is 91.4 cm³/mol. The highest BCUT2D eigenvalue weighted by atomic mass is 16.5. The molecule has 1 aromatic heterocycles. The molecule has 1 aliphatic rings. The van der Waals surface area contributed by atoms with Crippen LogP contribution in [0.2, 0.25) is 0 Å². The number of furan rings is 1. The van der Waals surface area contributed by atoms with Crippen molar-refractivity contribution in [1.82, 2.24) is 4.90 Å². The topological polar surface area (TPSA) is 115 Å². The van der Waals surface area contributed by atoms with E-state index in [1.807, 2.05) is 0 Å². The van der Waals surface area contributed by atoms with Gasteiger partial charge in [-0.25, -0.2) is 4.79 Å². The fourth-order valence-electron chi connectivity index (χ4n) is 3.12. The number of nitrogens with zero attached hydrogens (tertiary/aromatic N) is 1. The maximum Gasteiger partial charge on any atom is 0.342 e. The molecule has 1 aliphatic heterocycles. The van der Waals surface area contributed by atoms with Crippen LogP contribution in [0.1, 0.15) is 53.2 Å². The van der Waals surface area contributed by atoms with Crippen LogP contribution >= 0.6 is 0 Å². The Morgan fingerprint density at radius 3 is 2.68 bits per heavy atom. The maximum absolute atomic E-state index is 12.3. The summed E-state index contributed by atoms with van der Waals surface area (Å²) in [5.41, 5.74) is 5.17. The lowest BCUT2D eigenvalue weighted by molar-refractivity contribution is -0.117. The Balaban J connectivity index is 2.15. The number of primary amides is 1. The average molecular weight is 351 g/mol. The number of nitrogens with one attached hydrogen (secondary N) is 1. The number of esters is 1. The highest BCUT2D eigenvalue weighted by Crippen LogP contribution is 2.27. The summed E-state index contributed by atoms with van der Waals surface area (Å²) < 4.78 is 10.3. The minimum Gasteiger partial charge on any atom is -0.462 e. The van der Waals surface area contributed by atoms with Gasteiger partial charge in [0, 0.05) is 6.54 Å². The minimum absolute atomic E-state index is 0.0451. The molecule has 0 spiro atoms. The van der Waals surface area contributed by atoms with Crippen molar-refractivity contribution in [3.63, 3.8) is 0 Å². The van der Waals surface area contributed by atoms with Gasteiger partial charge in [0.05, 0.1) is 13.2 Å². The van der Waals surface area contributed by atoms with Crippen molar-refractivity contribution < 1.29 is 23.5 Å². The Morgan fingerprint density at radius 2 is 2.08 bits per heavy atom. The van der Waals surface area contributed by atoms with Crippen LogP contribution in [0.3, 0.4) is 0 Å². The van der Waals surface area contributed by atoms with E-state index in [1.165, 1.54) is 6.92 Å². The monoisotopic (exact) mass is 351 g/mol. The minimum atomic E-state index is -0.859. The molecule has 3 N–H and O–H groups in total. The largest absolute Gasteiger partial charge is 0.462 e. The quantitative estimate of drug-likeness (QED) is 0.751. The number of amides is 2. The molecule has 0 unspecified atom stereocenters. The van der Waals surface area contributed by atoms with Gasteiger partial charge in [0.1, 0.15) is 16.9 Å². The Labute approximate surface area is 146 Å². The summed E-state index contributed by atoms with van der Waals surface area (Å²) in [5.74, 6) is -1.27. The number of likely N-dealkylation sites (tertiary alicyclic amines) is 1. The van der Waals surface area contributed by atoms with Crippen molar-refractivity contribution in [2.75, 3.05) is 31.6 Å². The lowest BCUT2D eigenvalue weighted by atomic mass is 10.0. The molecule has 0 saturated carbocycles. The summed E-state index contributed by atoms with van der Waals surface area (Å²) >= 11 is 0. The average Bonchev–Trinajstić information content (AvgIpc) is 2.83. The van der Waals surface area contributed by atoms with Gasteiger partial charge < -0.3 is 14.9 Å². The van der Waals surface area contributed by atoms with Gasteiger partial charge in [-0.3, -0.25) is 19.8 Å². The molecule has 2 amide bonds. The van der Waals surface area contributed by atoms with Gasteiger partial charge in [0.25, 0.3) is 5.91 Å². The van der Waals surface area contributed by atoms with E-state index >= 15 is 0 Å². The van der Waals surface area contributed by atoms with Crippen molar-refractivity contribution in [1.29, 1.82) is 0 Å². The molecule has 8 nitrogen and oxygen atoms in total. The molecule has 0 aliphatic carbocycles. The molecule has 138 valence electrons. The molecule has 8 heteroatoms. The van der Waals surface area contributed by atoms with Crippen molar-refractivity contribution in [3.8, 4) is 0 Å². The standard InChI is InChI=1S/C17H25N3O5/c1-4-24-17(23)13-11(3)25-16(14(13)15(18)22)19-12(21)9-20-7-5-6-10(2)8-20/h10H,4-9H2,1-3H3,(H2,18,22)(H,19,21)/t10-/m0/s1. The van der Waals surface area contributed by atoms with Crippen LogP contribution in [0.15, 0.2) is 4.42 Å². The Morgan fingerprint density at radius 1 is 1.36 bits per heavy atom. The highest BCUT2D eigenvalue weighted by molar-refractivity contribution is 6.10. The van der Waals surface area contributed by atoms with E-state index < -0.39 is 11.9 Å². The van der Waals surface area contributed by atoms with Crippen LogP contribution in [0.5, 0.6) is 0 Å². The molecule has 0 radical (unpaired) electrons. The van der Waals surface area contributed by atoms with Gasteiger partial charge in [-0.15, -0.1) is 0 Å². The van der Waals surface area contributed by atoms with Gasteiger partial charge >= 0.3 is 5.97 Å². The lowest BCUT2D eigenvalue weighted by Gasteiger charge is -2.29. The van der Waals surface area contributed by atoms with Crippen LogP contribution in [0, 0.1) is 12.8 Å². The van der Waals surface area contributed by atoms with E-state index in [2.05, 4.69) is 17.1 Å². The maximum atomic E-state index is 12.3. The van der Waals surface area contributed by atoms with E-state index in [-0.39, 0.29) is 41.8 Å². The second-order valence-electron chi connectivity index (χ2n) is 6.35. The number of aryl methyl sites for hydroxylation is 1. The second kappa shape index (κ2) is 8.15. The van der Waals surface area contributed by atoms with Gasteiger partial charge in [-0.2, -0.15) is 0 Å². The number of ether oxygens (including phenoxy) is 1. The molecule has 1 aromatic rings. The zero-order valence-electron chi connectivity index (χ0n) is 14.9. The third-order valence-corrected chi connectivity index (χ3v) is 4.17. The van der Waals surface area contributed by atoms with Crippen molar-refractivity contribution in [2.24, 2.45) is 11.7 Å².